The first kappa shape index (κ1) is 14.0. The molecule has 100 valence electrons. The Morgan fingerprint density at radius 2 is 2.32 bits per heavy atom. The summed E-state index contributed by atoms with van der Waals surface area (Å²) in [6.07, 6.45) is 1.69. The SMILES string of the molecule is COCC(NC(=O)c1ccc(Cl)s1)c1ccccn1. The van der Waals surface area contributed by atoms with Crippen molar-refractivity contribution in [3.8, 4) is 0 Å². The first-order chi connectivity index (χ1) is 9.20. The third-order valence-corrected chi connectivity index (χ3v) is 3.71. The highest BCUT2D eigenvalue weighted by Crippen LogP contribution is 2.22. The number of rotatable bonds is 5. The lowest BCUT2D eigenvalue weighted by molar-refractivity contribution is 0.0898. The third kappa shape index (κ3) is 3.76. The molecule has 19 heavy (non-hydrogen) atoms. The van der Waals surface area contributed by atoms with Crippen molar-refractivity contribution in [1.82, 2.24) is 10.3 Å². The second kappa shape index (κ2) is 6.65. The molecular weight excluding hydrogens is 284 g/mol. The number of carbonyl (C=O) groups is 1. The number of nitrogens with one attached hydrogen (secondary N) is 1. The molecule has 1 unspecified atom stereocenters. The Morgan fingerprint density at radius 1 is 1.47 bits per heavy atom. The van der Waals surface area contributed by atoms with Crippen molar-refractivity contribution < 1.29 is 9.53 Å². The number of amides is 1. The molecule has 0 saturated carbocycles. The van der Waals surface area contributed by atoms with E-state index in [-0.39, 0.29) is 11.9 Å². The van der Waals surface area contributed by atoms with Crippen LogP contribution in [0.25, 0.3) is 0 Å². The number of methoxy groups -OCH3 is 1. The van der Waals surface area contributed by atoms with Crippen LogP contribution in [-0.2, 0) is 4.74 Å². The van der Waals surface area contributed by atoms with Gasteiger partial charge in [0.2, 0.25) is 0 Å². The monoisotopic (exact) mass is 296 g/mol. The van der Waals surface area contributed by atoms with Gasteiger partial charge in [0.15, 0.2) is 0 Å². The van der Waals surface area contributed by atoms with E-state index in [2.05, 4.69) is 10.3 Å². The molecule has 2 heterocycles. The minimum absolute atomic E-state index is 0.176. The van der Waals surface area contributed by atoms with Crippen LogP contribution >= 0.6 is 22.9 Å². The zero-order valence-electron chi connectivity index (χ0n) is 10.3. The quantitative estimate of drug-likeness (QED) is 0.923. The van der Waals surface area contributed by atoms with Crippen LogP contribution < -0.4 is 5.32 Å². The van der Waals surface area contributed by atoms with E-state index < -0.39 is 0 Å². The molecule has 0 saturated heterocycles. The fourth-order valence-corrected chi connectivity index (χ4v) is 2.56. The maximum absolute atomic E-state index is 12.1. The smallest absolute Gasteiger partial charge is 0.262 e. The van der Waals surface area contributed by atoms with Gasteiger partial charge < -0.3 is 10.1 Å². The summed E-state index contributed by atoms with van der Waals surface area (Å²) in [4.78, 5) is 16.9. The summed E-state index contributed by atoms with van der Waals surface area (Å²) < 4.78 is 5.71. The number of thiophene rings is 1. The molecule has 1 N–H and O–H groups in total. The number of hydrogen-bond donors (Lipinski definition) is 1. The van der Waals surface area contributed by atoms with E-state index >= 15 is 0 Å². The molecule has 1 atom stereocenters. The maximum Gasteiger partial charge on any atom is 0.262 e. The van der Waals surface area contributed by atoms with Crippen LogP contribution in [0.1, 0.15) is 21.4 Å². The molecule has 2 rings (SSSR count). The van der Waals surface area contributed by atoms with Gasteiger partial charge in [0.05, 0.1) is 27.6 Å². The minimum atomic E-state index is -0.278. The summed E-state index contributed by atoms with van der Waals surface area (Å²) in [5.41, 5.74) is 0.764. The highest BCUT2D eigenvalue weighted by molar-refractivity contribution is 7.17. The van der Waals surface area contributed by atoms with Crippen LogP contribution in [-0.4, -0.2) is 24.6 Å². The topological polar surface area (TPSA) is 51.2 Å². The van der Waals surface area contributed by atoms with Crippen molar-refractivity contribution in [2.75, 3.05) is 13.7 Å². The van der Waals surface area contributed by atoms with Crippen LogP contribution in [0.5, 0.6) is 0 Å². The molecular formula is C13H13ClN2O2S. The van der Waals surface area contributed by atoms with Crippen molar-refractivity contribution in [3.05, 3.63) is 51.4 Å². The van der Waals surface area contributed by atoms with Crippen molar-refractivity contribution >= 4 is 28.8 Å². The van der Waals surface area contributed by atoms with Crippen molar-refractivity contribution in [2.24, 2.45) is 0 Å². The standard InChI is InChI=1S/C13H13ClN2O2S/c1-18-8-10(9-4-2-3-7-15-9)16-13(17)11-5-6-12(14)19-11/h2-7,10H,8H2,1H3,(H,16,17). The molecule has 2 aromatic heterocycles. The van der Waals surface area contributed by atoms with Crippen LogP contribution in [0.3, 0.4) is 0 Å². The number of aromatic nitrogens is 1. The molecule has 0 bridgehead atoms. The first-order valence-electron chi connectivity index (χ1n) is 5.67. The molecule has 0 aromatic carbocycles. The Balaban J connectivity index is 2.11. The predicted octanol–water partition coefficient (Wildman–Crippen LogP) is 2.91. The lowest BCUT2D eigenvalue weighted by atomic mass is 10.2. The summed E-state index contributed by atoms with van der Waals surface area (Å²) in [7, 11) is 1.59. The van der Waals surface area contributed by atoms with Crippen LogP contribution in [0.2, 0.25) is 4.34 Å². The van der Waals surface area contributed by atoms with E-state index in [1.165, 1.54) is 11.3 Å². The van der Waals surface area contributed by atoms with E-state index in [9.17, 15) is 4.79 Å². The van der Waals surface area contributed by atoms with Gasteiger partial charge in [-0.3, -0.25) is 9.78 Å². The van der Waals surface area contributed by atoms with Crippen LogP contribution in [0, 0.1) is 0 Å². The number of nitrogens with zero attached hydrogens (tertiary/aromatic N) is 1. The summed E-state index contributed by atoms with van der Waals surface area (Å²) in [5, 5.41) is 2.89. The second-order valence-corrected chi connectivity index (χ2v) is 5.55. The summed E-state index contributed by atoms with van der Waals surface area (Å²) in [6.45, 7) is 0.363. The Bertz CT molecular complexity index is 545. The second-order valence-electron chi connectivity index (χ2n) is 3.84. The average molecular weight is 297 g/mol. The van der Waals surface area contributed by atoms with Gasteiger partial charge >= 0.3 is 0 Å². The molecule has 0 aliphatic rings. The van der Waals surface area contributed by atoms with E-state index in [1.807, 2.05) is 18.2 Å². The average Bonchev–Trinajstić information content (AvgIpc) is 2.86. The fraction of sp³-hybridized carbons (Fsp3) is 0.231. The molecule has 6 heteroatoms. The van der Waals surface area contributed by atoms with E-state index in [0.29, 0.717) is 15.8 Å². The Labute approximate surface area is 120 Å². The fourth-order valence-electron chi connectivity index (χ4n) is 1.62. The highest BCUT2D eigenvalue weighted by atomic mass is 35.5. The van der Waals surface area contributed by atoms with Gasteiger partial charge in [-0.25, -0.2) is 0 Å². The van der Waals surface area contributed by atoms with Gasteiger partial charge in [-0.05, 0) is 24.3 Å². The van der Waals surface area contributed by atoms with E-state index in [0.717, 1.165) is 5.69 Å². The van der Waals surface area contributed by atoms with Gasteiger partial charge in [-0.15, -0.1) is 11.3 Å². The van der Waals surface area contributed by atoms with Gasteiger partial charge in [-0.1, -0.05) is 17.7 Å². The summed E-state index contributed by atoms with van der Waals surface area (Å²) in [5.74, 6) is -0.176. The molecule has 2 aromatic rings. The highest BCUT2D eigenvalue weighted by Gasteiger charge is 2.17. The van der Waals surface area contributed by atoms with Crippen LogP contribution in [0.4, 0.5) is 0 Å². The Kier molecular flexibility index (Phi) is 4.90. The molecule has 0 fully saturated rings. The van der Waals surface area contributed by atoms with E-state index in [4.69, 9.17) is 16.3 Å². The van der Waals surface area contributed by atoms with Gasteiger partial charge in [0, 0.05) is 13.3 Å². The number of pyridine rings is 1. The number of hydrogen-bond acceptors (Lipinski definition) is 4. The Morgan fingerprint density at radius 3 is 2.89 bits per heavy atom. The normalized spacial score (nSPS) is 12.1. The largest absolute Gasteiger partial charge is 0.382 e. The lowest BCUT2D eigenvalue weighted by Crippen LogP contribution is -2.31. The molecule has 0 aliphatic carbocycles. The molecule has 1 amide bonds. The van der Waals surface area contributed by atoms with Gasteiger partial charge in [0.1, 0.15) is 0 Å². The Hall–Kier alpha value is -1.43. The third-order valence-electron chi connectivity index (χ3n) is 2.48. The van der Waals surface area contributed by atoms with Crippen molar-refractivity contribution in [3.63, 3.8) is 0 Å². The molecule has 4 nitrogen and oxygen atoms in total. The molecule has 0 aliphatic heterocycles. The van der Waals surface area contributed by atoms with Gasteiger partial charge in [-0.2, -0.15) is 0 Å². The zero-order valence-corrected chi connectivity index (χ0v) is 11.9. The summed E-state index contributed by atoms with van der Waals surface area (Å²) >= 11 is 7.06. The van der Waals surface area contributed by atoms with Crippen molar-refractivity contribution in [1.29, 1.82) is 0 Å². The lowest BCUT2D eigenvalue weighted by Gasteiger charge is -2.16. The minimum Gasteiger partial charge on any atom is -0.382 e. The number of halogens is 1. The molecule has 0 radical (unpaired) electrons. The van der Waals surface area contributed by atoms with Crippen LogP contribution in [0.15, 0.2) is 36.5 Å². The molecule has 0 spiro atoms. The zero-order chi connectivity index (χ0) is 13.7. The maximum atomic E-state index is 12.1. The first-order valence-corrected chi connectivity index (χ1v) is 6.86. The number of carbonyl (C=O) groups excluding carboxylic acids is 1. The van der Waals surface area contributed by atoms with E-state index in [1.54, 1.807) is 25.4 Å². The summed E-state index contributed by atoms with van der Waals surface area (Å²) in [6, 6.07) is 8.68. The number of ether oxygens (including phenoxy) is 1. The predicted molar refractivity (Wildman–Crippen MR) is 75.6 cm³/mol. The van der Waals surface area contributed by atoms with Gasteiger partial charge in [0.25, 0.3) is 5.91 Å². The van der Waals surface area contributed by atoms with Crippen molar-refractivity contribution in [2.45, 2.75) is 6.04 Å².